The van der Waals surface area contributed by atoms with Gasteiger partial charge in [0.25, 0.3) is 0 Å². The van der Waals surface area contributed by atoms with Crippen molar-refractivity contribution in [2.24, 2.45) is 0 Å². The zero-order valence-electron chi connectivity index (χ0n) is 10.1. The highest BCUT2D eigenvalue weighted by atomic mass is 19.1. The Bertz CT molecular complexity index is 646. The van der Waals surface area contributed by atoms with Crippen molar-refractivity contribution in [3.05, 3.63) is 65.5 Å². The summed E-state index contributed by atoms with van der Waals surface area (Å²) in [5, 5.41) is 11.6. The van der Waals surface area contributed by atoms with Gasteiger partial charge in [-0.3, -0.25) is 0 Å². The zero-order valence-corrected chi connectivity index (χ0v) is 10.1. The van der Waals surface area contributed by atoms with E-state index < -0.39 is 29.5 Å². The molecule has 3 nitrogen and oxygen atoms in total. The van der Waals surface area contributed by atoms with Crippen LogP contribution in [0.3, 0.4) is 0 Å². The Balaban J connectivity index is 2.34. The molecule has 1 unspecified atom stereocenters. The number of aliphatic carboxylic acids is 1. The van der Waals surface area contributed by atoms with E-state index in [0.29, 0.717) is 6.07 Å². The van der Waals surface area contributed by atoms with Crippen LogP contribution >= 0.6 is 0 Å². The van der Waals surface area contributed by atoms with Crippen LogP contribution < -0.4 is 5.32 Å². The van der Waals surface area contributed by atoms with Crippen LogP contribution in [-0.4, -0.2) is 11.1 Å². The number of hydrogen-bond donors (Lipinski definition) is 2. The van der Waals surface area contributed by atoms with E-state index >= 15 is 0 Å². The average Bonchev–Trinajstić information content (AvgIpc) is 2.36. The van der Waals surface area contributed by atoms with Crippen molar-refractivity contribution in [1.82, 2.24) is 0 Å². The van der Waals surface area contributed by atoms with Gasteiger partial charge in [-0.25, -0.2) is 18.0 Å². The minimum atomic E-state index is -1.45. The lowest BCUT2D eigenvalue weighted by Gasteiger charge is -2.17. The summed E-state index contributed by atoms with van der Waals surface area (Å²) in [5.41, 5.74) is -0.0516. The molecule has 2 aromatic rings. The van der Waals surface area contributed by atoms with Crippen LogP contribution in [0, 0.1) is 17.5 Å². The van der Waals surface area contributed by atoms with Crippen molar-refractivity contribution < 1.29 is 23.1 Å². The Morgan fingerprint density at radius 1 is 1.05 bits per heavy atom. The van der Waals surface area contributed by atoms with E-state index in [1.807, 2.05) is 0 Å². The van der Waals surface area contributed by atoms with Crippen molar-refractivity contribution in [2.45, 2.75) is 6.04 Å². The maximum Gasteiger partial charge on any atom is 0.330 e. The highest BCUT2D eigenvalue weighted by Crippen LogP contribution is 2.23. The topological polar surface area (TPSA) is 49.3 Å². The Labute approximate surface area is 112 Å². The quantitative estimate of drug-likeness (QED) is 0.903. The number of anilines is 1. The molecule has 0 aliphatic heterocycles. The molecule has 0 spiro atoms. The molecule has 20 heavy (non-hydrogen) atoms. The van der Waals surface area contributed by atoms with Gasteiger partial charge >= 0.3 is 5.97 Å². The van der Waals surface area contributed by atoms with Crippen molar-refractivity contribution in [3.8, 4) is 0 Å². The highest BCUT2D eigenvalue weighted by Gasteiger charge is 2.23. The Hall–Kier alpha value is -2.50. The third kappa shape index (κ3) is 3.09. The SMILES string of the molecule is O=C(O)C(Nc1cccc(F)c1)c1ccc(F)cc1F. The molecular formula is C14H10F3NO2. The van der Waals surface area contributed by atoms with Crippen molar-refractivity contribution in [2.75, 3.05) is 5.32 Å². The summed E-state index contributed by atoms with van der Waals surface area (Å²) in [4.78, 5) is 11.2. The highest BCUT2D eigenvalue weighted by molar-refractivity contribution is 5.79. The lowest BCUT2D eigenvalue weighted by molar-refractivity contribution is -0.138. The zero-order chi connectivity index (χ0) is 14.7. The summed E-state index contributed by atoms with van der Waals surface area (Å²) < 4.78 is 39.5. The largest absolute Gasteiger partial charge is 0.479 e. The van der Waals surface area contributed by atoms with Crippen LogP contribution in [-0.2, 0) is 4.79 Å². The van der Waals surface area contributed by atoms with Crippen LogP contribution in [0.1, 0.15) is 11.6 Å². The number of halogens is 3. The third-order valence-corrected chi connectivity index (χ3v) is 2.66. The van der Waals surface area contributed by atoms with Crippen molar-refractivity contribution >= 4 is 11.7 Å². The van der Waals surface area contributed by atoms with Gasteiger partial charge in [0.05, 0.1) is 0 Å². The van der Waals surface area contributed by atoms with E-state index in [1.165, 1.54) is 18.2 Å². The maximum atomic E-state index is 13.6. The van der Waals surface area contributed by atoms with Gasteiger partial charge in [0.2, 0.25) is 0 Å². The second-order valence-corrected chi connectivity index (χ2v) is 4.09. The van der Waals surface area contributed by atoms with Gasteiger partial charge in [-0.15, -0.1) is 0 Å². The maximum absolute atomic E-state index is 13.6. The van der Waals surface area contributed by atoms with E-state index in [-0.39, 0.29) is 11.3 Å². The van der Waals surface area contributed by atoms with Gasteiger partial charge in [-0.05, 0) is 24.3 Å². The molecule has 0 amide bonds. The Morgan fingerprint density at radius 2 is 1.75 bits per heavy atom. The first-order chi connectivity index (χ1) is 9.47. The smallest absolute Gasteiger partial charge is 0.330 e. The molecule has 6 heteroatoms. The molecule has 0 aliphatic carbocycles. The van der Waals surface area contributed by atoms with Crippen molar-refractivity contribution in [3.63, 3.8) is 0 Å². The summed E-state index contributed by atoms with van der Waals surface area (Å²) in [6.45, 7) is 0. The predicted molar refractivity (Wildman–Crippen MR) is 66.8 cm³/mol. The molecule has 0 saturated heterocycles. The molecule has 0 bridgehead atoms. The van der Waals surface area contributed by atoms with Gasteiger partial charge in [0.15, 0.2) is 6.04 Å². The Kier molecular flexibility index (Phi) is 3.93. The molecular weight excluding hydrogens is 271 g/mol. The first kappa shape index (κ1) is 13.9. The van der Waals surface area contributed by atoms with Crippen molar-refractivity contribution in [1.29, 1.82) is 0 Å². The molecule has 0 heterocycles. The molecule has 104 valence electrons. The van der Waals surface area contributed by atoms with Crippen LogP contribution in [0.5, 0.6) is 0 Å². The number of benzene rings is 2. The summed E-state index contributed by atoms with van der Waals surface area (Å²) in [6, 6.07) is 6.25. The molecule has 0 radical (unpaired) electrons. The first-order valence-corrected chi connectivity index (χ1v) is 5.67. The van der Waals surface area contributed by atoms with Gasteiger partial charge in [-0.1, -0.05) is 12.1 Å². The lowest BCUT2D eigenvalue weighted by Crippen LogP contribution is -2.21. The predicted octanol–water partition coefficient (Wildman–Crippen LogP) is 3.34. The molecule has 1 atom stereocenters. The molecule has 2 aromatic carbocycles. The monoisotopic (exact) mass is 281 g/mol. The summed E-state index contributed by atoms with van der Waals surface area (Å²) >= 11 is 0. The second kappa shape index (κ2) is 5.64. The first-order valence-electron chi connectivity index (χ1n) is 5.67. The van der Waals surface area contributed by atoms with Gasteiger partial charge in [-0.2, -0.15) is 0 Å². The second-order valence-electron chi connectivity index (χ2n) is 4.09. The van der Waals surface area contributed by atoms with Gasteiger partial charge in [0.1, 0.15) is 17.5 Å². The van der Waals surface area contributed by atoms with E-state index in [2.05, 4.69) is 5.32 Å². The number of carboxylic acid groups (broad SMARTS) is 1. The number of nitrogens with one attached hydrogen (secondary N) is 1. The number of rotatable bonds is 4. The lowest BCUT2D eigenvalue weighted by atomic mass is 10.1. The van der Waals surface area contributed by atoms with Crippen LogP contribution in [0.2, 0.25) is 0 Å². The number of carboxylic acids is 1. The van der Waals surface area contributed by atoms with Crippen LogP contribution in [0.15, 0.2) is 42.5 Å². The molecule has 0 fully saturated rings. The van der Waals surface area contributed by atoms with E-state index in [1.54, 1.807) is 0 Å². The van der Waals surface area contributed by atoms with E-state index in [9.17, 15) is 18.0 Å². The van der Waals surface area contributed by atoms with Gasteiger partial charge in [0, 0.05) is 17.3 Å². The third-order valence-electron chi connectivity index (χ3n) is 2.66. The fourth-order valence-electron chi connectivity index (χ4n) is 1.75. The molecule has 0 aliphatic rings. The number of carbonyl (C=O) groups is 1. The van der Waals surface area contributed by atoms with E-state index in [0.717, 1.165) is 18.2 Å². The fourth-order valence-corrected chi connectivity index (χ4v) is 1.75. The normalized spacial score (nSPS) is 11.9. The minimum absolute atomic E-state index is 0.182. The van der Waals surface area contributed by atoms with Crippen LogP contribution in [0.25, 0.3) is 0 Å². The average molecular weight is 281 g/mol. The fraction of sp³-hybridized carbons (Fsp3) is 0.0714. The van der Waals surface area contributed by atoms with E-state index in [4.69, 9.17) is 5.11 Å². The summed E-state index contributed by atoms with van der Waals surface area (Å²) in [6.07, 6.45) is 0. The summed E-state index contributed by atoms with van der Waals surface area (Å²) in [5.74, 6) is -3.71. The number of hydrogen-bond acceptors (Lipinski definition) is 2. The summed E-state index contributed by atoms with van der Waals surface area (Å²) in [7, 11) is 0. The molecule has 0 aromatic heterocycles. The Morgan fingerprint density at radius 3 is 2.35 bits per heavy atom. The minimum Gasteiger partial charge on any atom is -0.479 e. The van der Waals surface area contributed by atoms with Gasteiger partial charge < -0.3 is 10.4 Å². The van der Waals surface area contributed by atoms with Crippen LogP contribution in [0.4, 0.5) is 18.9 Å². The molecule has 2 N–H and O–H groups in total. The molecule has 0 saturated carbocycles. The molecule has 2 rings (SSSR count). The standard InChI is InChI=1S/C14H10F3NO2/c15-8-2-1-3-10(6-8)18-13(14(19)20)11-5-4-9(16)7-12(11)17/h1-7,13,18H,(H,19,20).